The summed E-state index contributed by atoms with van der Waals surface area (Å²) in [5.41, 5.74) is 5.27. The molecule has 104 valence electrons. The Balaban J connectivity index is 2.00. The highest BCUT2D eigenvalue weighted by Crippen LogP contribution is 2.31. The van der Waals surface area contributed by atoms with E-state index in [2.05, 4.69) is 12.2 Å². The molecule has 0 aromatic heterocycles. The summed E-state index contributed by atoms with van der Waals surface area (Å²) < 4.78 is 10.7. The molecule has 0 aliphatic carbocycles. The molecule has 0 spiro atoms. The maximum absolute atomic E-state index is 12.5. The number of rotatable bonds is 3. The smallest absolute Gasteiger partial charge is 0.228 e. The van der Waals surface area contributed by atoms with Gasteiger partial charge in [-0.3, -0.25) is 4.79 Å². The lowest BCUT2D eigenvalue weighted by Gasteiger charge is -2.40. The van der Waals surface area contributed by atoms with Crippen LogP contribution in [0, 0.1) is 5.41 Å². The van der Waals surface area contributed by atoms with E-state index in [0.717, 1.165) is 38.9 Å². The first kappa shape index (κ1) is 13.8. The molecule has 2 rings (SSSR count). The molecule has 5 heteroatoms. The number of ether oxygens (including phenoxy) is 2. The molecule has 5 nitrogen and oxygen atoms in total. The first-order valence-corrected chi connectivity index (χ1v) is 6.78. The first-order chi connectivity index (χ1) is 8.60. The van der Waals surface area contributed by atoms with E-state index in [1.807, 2.05) is 0 Å². The molecule has 0 aromatic rings. The lowest BCUT2D eigenvalue weighted by molar-refractivity contribution is -0.139. The molecule has 0 saturated carbocycles. The van der Waals surface area contributed by atoms with Gasteiger partial charge in [-0.2, -0.15) is 0 Å². The van der Waals surface area contributed by atoms with E-state index < -0.39 is 5.41 Å². The van der Waals surface area contributed by atoms with Gasteiger partial charge in [0.1, 0.15) is 0 Å². The minimum Gasteiger partial charge on any atom is -0.381 e. The Morgan fingerprint density at radius 3 is 2.11 bits per heavy atom. The summed E-state index contributed by atoms with van der Waals surface area (Å²) in [5.74, 6) is 0.0951. The largest absolute Gasteiger partial charge is 0.381 e. The number of nitrogens with two attached hydrogens (primary N) is 1. The van der Waals surface area contributed by atoms with Crippen LogP contribution in [0.2, 0.25) is 0 Å². The molecule has 2 saturated heterocycles. The highest BCUT2D eigenvalue weighted by Gasteiger charge is 2.41. The van der Waals surface area contributed by atoms with Crippen molar-refractivity contribution >= 4 is 5.91 Å². The minimum atomic E-state index is -0.431. The van der Waals surface area contributed by atoms with E-state index in [1.54, 1.807) is 0 Å². The fraction of sp³-hybridized carbons (Fsp3) is 0.923. The average Bonchev–Trinajstić information content (AvgIpc) is 2.39. The van der Waals surface area contributed by atoms with Crippen LogP contribution in [0.3, 0.4) is 0 Å². The Morgan fingerprint density at radius 2 is 1.61 bits per heavy atom. The predicted octanol–water partition coefficient (Wildman–Crippen LogP) is 0.427. The van der Waals surface area contributed by atoms with Crippen molar-refractivity contribution in [3.63, 3.8) is 0 Å². The lowest BCUT2D eigenvalue weighted by Crippen LogP contribution is -2.57. The van der Waals surface area contributed by atoms with Crippen LogP contribution in [0.25, 0.3) is 0 Å². The van der Waals surface area contributed by atoms with E-state index in [0.29, 0.717) is 19.8 Å². The molecule has 2 fully saturated rings. The number of hydrogen-bond donors (Lipinski definition) is 2. The fourth-order valence-electron chi connectivity index (χ4n) is 2.64. The van der Waals surface area contributed by atoms with Crippen molar-refractivity contribution in [2.45, 2.75) is 38.1 Å². The first-order valence-electron chi connectivity index (χ1n) is 6.78. The highest BCUT2D eigenvalue weighted by atomic mass is 16.5. The summed E-state index contributed by atoms with van der Waals surface area (Å²) in [4.78, 5) is 12.5. The van der Waals surface area contributed by atoms with Gasteiger partial charge in [-0.1, -0.05) is 0 Å². The number of carbonyl (C=O) groups excluding carboxylic acids is 1. The molecule has 0 unspecified atom stereocenters. The summed E-state index contributed by atoms with van der Waals surface area (Å²) in [6.07, 6.45) is 3.19. The van der Waals surface area contributed by atoms with Crippen LogP contribution >= 0.6 is 0 Å². The van der Waals surface area contributed by atoms with Crippen LogP contribution in [0.1, 0.15) is 32.6 Å². The molecule has 0 bridgehead atoms. The fourth-order valence-corrected chi connectivity index (χ4v) is 2.64. The van der Waals surface area contributed by atoms with Crippen LogP contribution in [0.5, 0.6) is 0 Å². The lowest BCUT2D eigenvalue weighted by atomic mass is 9.78. The van der Waals surface area contributed by atoms with Crippen molar-refractivity contribution in [3.8, 4) is 0 Å². The van der Waals surface area contributed by atoms with E-state index >= 15 is 0 Å². The van der Waals surface area contributed by atoms with Crippen molar-refractivity contribution in [1.82, 2.24) is 5.32 Å². The molecule has 0 radical (unpaired) electrons. The predicted molar refractivity (Wildman–Crippen MR) is 68.1 cm³/mol. The van der Waals surface area contributed by atoms with Crippen molar-refractivity contribution < 1.29 is 14.3 Å². The minimum absolute atomic E-state index is 0.0951. The number of amides is 1. The monoisotopic (exact) mass is 256 g/mol. The van der Waals surface area contributed by atoms with Crippen LogP contribution in [-0.4, -0.2) is 44.4 Å². The zero-order valence-corrected chi connectivity index (χ0v) is 11.2. The van der Waals surface area contributed by atoms with Gasteiger partial charge in [-0.25, -0.2) is 0 Å². The van der Waals surface area contributed by atoms with Crippen LogP contribution in [0.15, 0.2) is 0 Å². The average molecular weight is 256 g/mol. The molecule has 3 N–H and O–H groups in total. The summed E-state index contributed by atoms with van der Waals surface area (Å²) in [6, 6.07) is 0. The van der Waals surface area contributed by atoms with Gasteiger partial charge in [0.05, 0.1) is 5.41 Å². The van der Waals surface area contributed by atoms with Gasteiger partial charge in [0.25, 0.3) is 0 Å². The van der Waals surface area contributed by atoms with Crippen LogP contribution < -0.4 is 11.1 Å². The third-order valence-corrected chi connectivity index (χ3v) is 4.33. The SMILES string of the molecule is CC1(NC(=O)C2(CN)CCOCC2)CCOCC1. The molecule has 18 heavy (non-hydrogen) atoms. The summed E-state index contributed by atoms with van der Waals surface area (Å²) in [6.45, 7) is 5.19. The zero-order valence-electron chi connectivity index (χ0n) is 11.2. The molecule has 0 atom stereocenters. The Labute approximate surface area is 108 Å². The van der Waals surface area contributed by atoms with Gasteiger partial charge in [-0.15, -0.1) is 0 Å². The third kappa shape index (κ3) is 2.84. The van der Waals surface area contributed by atoms with Gasteiger partial charge in [0.15, 0.2) is 0 Å². The quantitative estimate of drug-likeness (QED) is 0.768. The molecule has 1 amide bonds. The second kappa shape index (κ2) is 5.55. The summed E-state index contributed by atoms with van der Waals surface area (Å²) in [7, 11) is 0. The van der Waals surface area contributed by atoms with Gasteiger partial charge in [0.2, 0.25) is 5.91 Å². The molecule has 2 aliphatic heterocycles. The van der Waals surface area contributed by atoms with Gasteiger partial charge < -0.3 is 20.5 Å². The molecule has 0 aromatic carbocycles. The van der Waals surface area contributed by atoms with E-state index in [1.165, 1.54) is 0 Å². The van der Waals surface area contributed by atoms with Crippen LogP contribution in [-0.2, 0) is 14.3 Å². The summed E-state index contributed by atoms with van der Waals surface area (Å²) >= 11 is 0. The van der Waals surface area contributed by atoms with E-state index in [4.69, 9.17) is 15.2 Å². The van der Waals surface area contributed by atoms with Crippen molar-refractivity contribution in [2.75, 3.05) is 33.0 Å². The second-order valence-corrected chi connectivity index (χ2v) is 5.72. The Bertz CT molecular complexity index is 295. The second-order valence-electron chi connectivity index (χ2n) is 5.72. The van der Waals surface area contributed by atoms with Crippen molar-refractivity contribution in [2.24, 2.45) is 11.1 Å². The van der Waals surface area contributed by atoms with Gasteiger partial charge in [0, 0.05) is 38.5 Å². The topological polar surface area (TPSA) is 73.6 Å². The molecular weight excluding hydrogens is 232 g/mol. The highest BCUT2D eigenvalue weighted by molar-refractivity contribution is 5.83. The third-order valence-electron chi connectivity index (χ3n) is 4.33. The Hall–Kier alpha value is -0.650. The van der Waals surface area contributed by atoms with E-state index in [9.17, 15) is 4.79 Å². The van der Waals surface area contributed by atoms with Crippen molar-refractivity contribution in [3.05, 3.63) is 0 Å². The molecule has 2 heterocycles. The maximum Gasteiger partial charge on any atom is 0.228 e. The van der Waals surface area contributed by atoms with Gasteiger partial charge >= 0.3 is 0 Å². The number of hydrogen-bond acceptors (Lipinski definition) is 4. The van der Waals surface area contributed by atoms with E-state index in [-0.39, 0.29) is 11.4 Å². The standard InChI is InChI=1S/C13H24N2O3/c1-12(2-6-17-7-3-12)15-11(16)13(10-14)4-8-18-9-5-13/h2-10,14H2,1H3,(H,15,16). The summed E-state index contributed by atoms with van der Waals surface area (Å²) in [5, 5.41) is 3.20. The number of nitrogens with one attached hydrogen (secondary N) is 1. The molecular formula is C13H24N2O3. The zero-order chi connectivity index (χ0) is 13.1. The van der Waals surface area contributed by atoms with Crippen LogP contribution in [0.4, 0.5) is 0 Å². The number of carbonyl (C=O) groups is 1. The maximum atomic E-state index is 12.5. The Morgan fingerprint density at radius 1 is 1.11 bits per heavy atom. The normalized spacial score (nSPS) is 26.6. The van der Waals surface area contributed by atoms with Gasteiger partial charge in [-0.05, 0) is 32.6 Å². The molecule has 2 aliphatic rings. The van der Waals surface area contributed by atoms with Crippen molar-refractivity contribution in [1.29, 1.82) is 0 Å². The Kier molecular flexibility index (Phi) is 4.25.